The van der Waals surface area contributed by atoms with Crippen molar-refractivity contribution < 1.29 is 26.4 Å². The Morgan fingerprint density at radius 3 is 2.35 bits per heavy atom. The average Bonchev–Trinajstić information content (AvgIpc) is 3.25. The molecule has 0 atom stereocenters. The van der Waals surface area contributed by atoms with E-state index in [9.17, 15) is 36.0 Å². The highest BCUT2D eigenvalue weighted by atomic mass is 32.2. The molecule has 0 spiro atoms. The molecule has 0 fully saturated rings. The molecule has 2 aromatic heterocycles. The number of carbonyl (C=O) groups excluding carboxylic acids is 1. The van der Waals surface area contributed by atoms with Gasteiger partial charge in [-0.05, 0) is 55.5 Å². The van der Waals surface area contributed by atoms with Gasteiger partial charge in [-0.2, -0.15) is 13.2 Å². The molecule has 4 aromatic rings. The van der Waals surface area contributed by atoms with Gasteiger partial charge in [0.15, 0.2) is 0 Å². The normalized spacial score (nSPS) is 11.9. The molecule has 0 aliphatic heterocycles. The summed E-state index contributed by atoms with van der Waals surface area (Å²) in [5.74, 6) is 0. The van der Waals surface area contributed by atoms with Gasteiger partial charge in [0, 0.05) is 23.3 Å². The summed E-state index contributed by atoms with van der Waals surface area (Å²) in [6.45, 7) is 1.66. The highest BCUT2D eigenvalue weighted by Crippen LogP contribution is 2.35. The fourth-order valence-corrected chi connectivity index (χ4v) is 5.70. The number of sulfonamides is 1. The van der Waals surface area contributed by atoms with Crippen molar-refractivity contribution in [3.05, 3.63) is 79.8 Å². The van der Waals surface area contributed by atoms with Crippen molar-refractivity contribution in [1.29, 1.82) is 0 Å². The van der Waals surface area contributed by atoms with E-state index in [1.165, 1.54) is 30.3 Å². The Morgan fingerprint density at radius 1 is 1.03 bits per heavy atom. The molecule has 0 saturated carbocycles. The van der Waals surface area contributed by atoms with Crippen LogP contribution in [0, 0.1) is 6.92 Å². The topological polar surface area (TPSA) is 142 Å². The second-order valence-corrected chi connectivity index (χ2v) is 10.9. The largest absolute Gasteiger partial charge is 0.418 e. The zero-order chi connectivity index (χ0) is 27.1. The maximum Gasteiger partial charge on any atom is 0.418 e. The Bertz CT molecular complexity index is 1760. The van der Waals surface area contributed by atoms with Gasteiger partial charge in [-0.25, -0.2) is 27.3 Å². The second kappa shape index (κ2) is 9.40. The lowest BCUT2D eigenvalue weighted by atomic mass is 10.1. The minimum absolute atomic E-state index is 0.0256. The maximum absolute atomic E-state index is 14.0. The van der Waals surface area contributed by atoms with E-state index in [4.69, 9.17) is 0 Å². The zero-order valence-electron chi connectivity index (χ0n) is 19.1. The smallest absolute Gasteiger partial charge is 0.388 e. The van der Waals surface area contributed by atoms with Crippen LogP contribution in [0.1, 0.15) is 10.4 Å². The number of aromatic amines is 1. The fraction of sp³-hybridized carbons (Fsp3) is 0.136. The number of hydrogen-bond acceptors (Lipinski definition) is 7. The Hall–Kier alpha value is -4.11. The molecular weight excluding hydrogens is 535 g/mol. The number of hydrogen-bond donors (Lipinski definition) is 4. The Morgan fingerprint density at radius 2 is 1.73 bits per heavy atom. The van der Waals surface area contributed by atoms with Gasteiger partial charge in [0.2, 0.25) is 0 Å². The van der Waals surface area contributed by atoms with E-state index < -0.39 is 50.4 Å². The number of anilines is 2. The highest BCUT2D eigenvalue weighted by Gasteiger charge is 2.35. The van der Waals surface area contributed by atoms with Gasteiger partial charge in [0.05, 0.1) is 22.2 Å². The summed E-state index contributed by atoms with van der Waals surface area (Å²) >= 11 is 0.906. The molecule has 194 valence electrons. The van der Waals surface area contributed by atoms with Crippen LogP contribution in [-0.2, 0) is 16.2 Å². The molecular formula is C22H18F3N5O5S2. The Labute approximate surface area is 210 Å². The number of urea groups is 1. The molecule has 4 N–H and O–H groups in total. The molecule has 4 rings (SSSR count). The molecule has 2 amide bonds. The van der Waals surface area contributed by atoms with Gasteiger partial charge in [-0.15, -0.1) is 11.3 Å². The number of aromatic nitrogens is 2. The van der Waals surface area contributed by atoms with E-state index in [-0.39, 0.29) is 15.1 Å². The van der Waals surface area contributed by atoms with Crippen LogP contribution >= 0.6 is 11.3 Å². The van der Waals surface area contributed by atoms with Gasteiger partial charge in [0.1, 0.15) is 4.21 Å². The first kappa shape index (κ1) is 26.0. The monoisotopic (exact) mass is 553 g/mol. The highest BCUT2D eigenvalue weighted by molar-refractivity contribution is 7.92. The molecule has 0 radical (unpaired) electrons. The van der Waals surface area contributed by atoms with E-state index in [0.717, 1.165) is 23.5 Å². The Kier molecular flexibility index (Phi) is 6.60. The first-order chi connectivity index (χ1) is 17.3. The molecule has 2 aromatic carbocycles. The number of thiophene rings is 1. The van der Waals surface area contributed by atoms with E-state index >= 15 is 0 Å². The number of benzene rings is 2. The molecule has 0 saturated heterocycles. The van der Waals surface area contributed by atoms with Crippen LogP contribution in [-0.4, -0.2) is 31.0 Å². The molecule has 15 heteroatoms. The summed E-state index contributed by atoms with van der Waals surface area (Å²) in [7, 11) is -2.63. The number of aryl methyl sites for hydroxylation is 1. The molecule has 0 aliphatic rings. The summed E-state index contributed by atoms with van der Waals surface area (Å²) in [5, 5.41) is 4.83. The lowest BCUT2D eigenvalue weighted by Crippen LogP contribution is -2.35. The first-order valence-corrected chi connectivity index (χ1v) is 12.7. The number of carbonyl (C=O) groups is 1. The predicted molar refractivity (Wildman–Crippen MR) is 133 cm³/mol. The Balaban J connectivity index is 1.73. The number of H-pyrrole nitrogens is 1. The van der Waals surface area contributed by atoms with Crippen molar-refractivity contribution in [2.24, 2.45) is 0 Å². The minimum Gasteiger partial charge on any atom is -0.388 e. The standard InChI is InChI=1S/C22H18F3N5O5S2/c1-11-3-8-18(36-11)37(34,35)29-20(32)27-13-5-7-17(15(9-13)22(23,24)25)30-19(31)14-6-4-12(26-2)10-16(14)28-21(30)33/h3-10,26H,1-2H3,(H,28,33)(H2,27,29,32). The van der Waals surface area contributed by atoms with Crippen molar-refractivity contribution in [2.45, 2.75) is 17.3 Å². The lowest BCUT2D eigenvalue weighted by molar-refractivity contribution is -0.137. The lowest BCUT2D eigenvalue weighted by Gasteiger charge is -2.16. The van der Waals surface area contributed by atoms with Crippen LogP contribution in [0.3, 0.4) is 0 Å². The van der Waals surface area contributed by atoms with Gasteiger partial charge in [0.25, 0.3) is 15.6 Å². The quantitative estimate of drug-likeness (QED) is 0.297. The molecule has 0 aliphatic carbocycles. The van der Waals surface area contributed by atoms with Crippen molar-refractivity contribution >= 4 is 49.7 Å². The van der Waals surface area contributed by atoms with Crippen LogP contribution in [0.5, 0.6) is 0 Å². The van der Waals surface area contributed by atoms with E-state index in [1.807, 2.05) is 5.32 Å². The van der Waals surface area contributed by atoms with E-state index in [1.54, 1.807) is 18.7 Å². The first-order valence-electron chi connectivity index (χ1n) is 10.4. The molecule has 10 nitrogen and oxygen atoms in total. The number of amides is 2. The van der Waals surface area contributed by atoms with Crippen molar-refractivity contribution in [2.75, 3.05) is 17.7 Å². The van der Waals surface area contributed by atoms with Crippen molar-refractivity contribution in [3.63, 3.8) is 0 Å². The second-order valence-electron chi connectivity index (χ2n) is 7.74. The van der Waals surface area contributed by atoms with Crippen molar-refractivity contribution in [3.8, 4) is 5.69 Å². The predicted octanol–water partition coefficient (Wildman–Crippen LogP) is 3.62. The van der Waals surface area contributed by atoms with E-state index in [2.05, 4.69) is 10.3 Å². The van der Waals surface area contributed by atoms with Crippen LogP contribution in [0.25, 0.3) is 16.6 Å². The third-order valence-electron chi connectivity index (χ3n) is 5.19. The van der Waals surface area contributed by atoms with Gasteiger partial charge in [-0.3, -0.25) is 4.79 Å². The van der Waals surface area contributed by atoms with Crippen LogP contribution in [0.15, 0.2) is 62.3 Å². The zero-order valence-corrected chi connectivity index (χ0v) is 20.7. The van der Waals surface area contributed by atoms with Crippen LogP contribution in [0.4, 0.5) is 29.3 Å². The third kappa shape index (κ3) is 5.22. The summed E-state index contributed by atoms with van der Waals surface area (Å²) in [4.78, 5) is 41.0. The number of halogens is 3. The fourth-order valence-electron chi connectivity index (χ4n) is 3.51. The van der Waals surface area contributed by atoms with E-state index in [0.29, 0.717) is 21.2 Å². The average molecular weight is 554 g/mol. The molecule has 0 unspecified atom stereocenters. The molecule has 2 heterocycles. The summed E-state index contributed by atoms with van der Waals surface area (Å²) in [6, 6.07) is 8.19. The van der Waals surface area contributed by atoms with Crippen LogP contribution < -0.4 is 26.6 Å². The number of nitrogens with zero attached hydrogens (tertiary/aromatic N) is 1. The van der Waals surface area contributed by atoms with Crippen LogP contribution in [0.2, 0.25) is 0 Å². The van der Waals surface area contributed by atoms with Gasteiger partial charge in [-0.1, -0.05) is 0 Å². The summed E-state index contributed by atoms with van der Waals surface area (Å²) in [5.41, 5.74) is -3.98. The van der Waals surface area contributed by atoms with Gasteiger partial charge >= 0.3 is 17.9 Å². The van der Waals surface area contributed by atoms with Crippen molar-refractivity contribution in [1.82, 2.24) is 14.3 Å². The number of rotatable bonds is 5. The molecule has 37 heavy (non-hydrogen) atoms. The summed E-state index contributed by atoms with van der Waals surface area (Å²) < 4.78 is 68.4. The number of alkyl halides is 3. The number of fused-ring (bicyclic) bond motifs is 1. The minimum atomic E-state index is -5.04. The molecule has 0 bridgehead atoms. The van der Waals surface area contributed by atoms with Gasteiger partial charge < -0.3 is 15.6 Å². The SMILES string of the molecule is CNc1ccc2c(=O)n(-c3ccc(NC(=O)NS(=O)(=O)c4ccc(C)s4)cc3C(F)(F)F)c(=O)[nH]c2c1. The maximum atomic E-state index is 14.0. The summed E-state index contributed by atoms with van der Waals surface area (Å²) in [6.07, 6.45) is -5.04. The third-order valence-corrected chi connectivity index (χ3v) is 8.02. The number of nitrogens with one attached hydrogen (secondary N) is 4.